The first-order chi connectivity index (χ1) is 10.1. The van der Waals surface area contributed by atoms with Crippen LogP contribution in [0, 0.1) is 12.7 Å². The Balaban J connectivity index is 2.21. The van der Waals surface area contributed by atoms with E-state index >= 15 is 0 Å². The number of fused-ring (bicyclic) bond motifs is 1. The summed E-state index contributed by atoms with van der Waals surface area (Å²) < 4.78 is 13.5. The highest BCUT2D eigenvalue weighted by atomic mass is 35.5. The smallest absolute Gasteiger partial charge is 0.225 e. The van der Waals surface area contributed by atoms with Crippen LogP contribution in [0.1, 0.15) is 11.8 Å². The van der Waals surface area contributed by atoms with Gasteiger partial charge in [-0.2, -0.15) is 4.98 Å². The number of aromatic nitrogens is 2. The molecule has 0 bridgehead atoms. The fourth-order valence-corrected chi connectivity index (χ4v) is 3.39. The minimum absolute atomic E-state index is 0.203. The number of aryl methyl sites for hydroxylation is 1. The lowest BCUT2D eigenvalue weighted by Crippen LogP contribution is -2.18. The second-order valence-corrected chi connectivity index (χ2v) is 6.19. The lowest BCUT2D eigenvalue weighted by molar-refractivity contribution is 0.627. The molecule has 0 amide bonds. The molecule has 0 spiro atoms. The SMILES string of the molecule is CCN(c1cccc(F)c1)c1nc(Cl)nc2sc(C)cc12. The molecule has 1 aromatic carbocycles. The van der Waals surface area contributed by atoms with E-state index in [0.29, 0.717) is 12.4 Å². The van der Waals surface area contributed by atoms with Crippen LogP contribution >= 0.6 is 22.9 Å². The number of thiophene rings is 1. The van der Waals surface area contributed by atoms with Crippen molar-refractivity contribution in [1.82, 2.24) is 9.97 Å². The third kappa shape index (κ3) is 2.71. The van der Waals surface area contributed by atoms with Crippen LogP contribution in [0.2, 0.25) is 5.28 Å². The highest BCUT2D eigenvalue weighted by Crippen LogP contribution is 2.35. The molecule has 0 N–H and O–H groups in total. The van der Waals surface area contributed by atoms with Crippen molar-refractivity contribution in [3.8, 4) is 0 Å². The van der Waals surface area contributed by atoms with Crippen LogP contribution in [0.4, 0.5) is 15.9 Å². The van der Waals surface area contributed by atoms with E-state index in [1.165, 1.54) is 12.1 Å². The zero-order valence-electron chi connectivity index (χ0n) is 11.6. The van der Waals surface area contributed by atoms with E-state index in [4.69, 9.17) is 11.6 Å². The molecule has 0 radical (unpaired) electrons. The molecule has 0 atom stereocenters. The van der Waals surface area contributed by atoms with Gasteiger partial charge in [0, 0.05) is 17.1 Å². The molecule has 0 fully saturated rings. The van der Waals surface area contributed by atoms with Crippen molar-refractivity contribution in [2.75, 3.05) is 11.4 Å². The summed E-state index contributed by atoms with van der Waals surface area (Å²) in [5.74, 6) is 0.436. The third-order valence-electron chi connectivity index (χ3n) is 3.16. The summed E-state index contributed by atoms with van der Waals surface area (Å²) in [6, 6.07) is 8.49. The van der Waals surface area contributed by atoms with Crippen LogP contribution < -0.4 is 4.90 Å². The minimum atomic E-state index is -0.274. The Kier molecular flexibility index (Phi) is 3.78. The molecule has 2 heterocycles. The van der Waals surface area contributed by atoms with Gasteiger partial charge in [-0.25, -0.2) is 9.37 Å². The maximum Gasteiger partial charge on any atom is 0.225 e. The Morgan fingerprint density at radius 1 is 1.29 bits per heavy atom. The topological polar surface area (TPSA) is 29.0 Å². The number of anilines is 2. The van der Waals surface area contributed by atoms with E-state index in [-0.39, 0.29) is 11.1 Å². The van der Waals surface area contributed by atoms with Crippen LogP contribution in [0.5, 0.6) is 0 Å². The molecule has 0 saturated carbocycles. The van der Waals surface area contributed by atoms with Gasteiger partial charge in [0.25, 0.3) is 0 Å². The average molecular weight is 322 g/mol. The van der Waals surface area contributed by atoms with Crippen molar-refractivity contribution in [1.29, 1.82) is 0 Å². The molecule has 2 aromatic heterocycles. The first-order valence-corrected chi connectivity index (χ1v) is 7.74. The van der Waals surface area contributed by atoms with E-state index in [9.17, 15) is 4.39 Å². The summed E-state index contributed by atoms with van der Waals surface area (Å²) in [5.41, 5.74) is 0.748. The first-order valence-electron chi connectivity index (χ1n) is 6.55. The van der Waals surface area contributed by atoms with Crippen LogP contribution in [-0.4, -0.2) is 16.5 Å². The molecule has 108 valence electrons. The van der Waals surface area contributed by atoms with Crippen molar-refractivity contribution in [3.05, 3.63) is 46.3 Å². The lowest BCUT2D eigenvalue weighted by atomic mass is 10.2. The maximum absolute atomic E-state index is 13.5. The third-order valence-corrected chi connectivity index (χ3v) is 4.27. The normalized spacial score (nSPS) is 11.0. The fraction of sp³-hybridized carbons (Fsp3) is 0.200. The van der Waals surface area contributed by atoms with Gasteiger partial charge in [-0.1, -0.05) is 6.07 Å². The van der Waals surface area contributed by atoms with E-state index in [0.717, 1.165) is 20.8 Å². The van der Waals surface area contributed by atoms with Crippen molar-refractivity contribution in [2.24, 2.45) is 0 Å². The number of rotatable bonds is 3. The average Bonchev–Trinajstić information content (AvgIpc) is 2.80. The van der Waals surface area contributed by atoms with Gasteiger partial charge < -0.3 is 4.90 Å². The van der Waals surface area contributed by atoms with E-state index in [1.54, 1.807) is 17.4 Å². The first kappa shape index (κ1) is 14.2. The van der Waals surface area contributed by atoms with Gasteiger partial charge in [0.2, 0.25) is 5.28 Å². The Bertz CT molecular complexity index is 803. The maximum atomic E-state index is 13.5. The van der Waals surface area contributed by atoms with Crippen molar-refractivity contribution in [3.63, 3.8) is 0 Å². The number of benzene rings is 1. The van der Waals surface area contributed by atoms with E-state index < -0.39 is 0 Å². The molecular formula is C15H13ClFN3S. The molecule has 0 unspecified atom stereocenters. The van der Waals surface area contributed by atoms with Gasteiger partial charge in [-0.15, -0.1) is 11.3 Å². The number of hydrogen-bond acceptors (Lipinski definition) is 4. The van der Waals surface area contributed by atoms with Gasteiger partial charge in [0.05, 0.1) is 5.39 Å². The second kappa shape index (κ2) is 5.58. The van der Waals surface area contributed by atoms with Crippen LogP contribution in [0.25, 0.3) is 10.2 Å². The second-order valence-electron chi connectivity index (χ2n) is 4.62. The lowest BCUT2D eigenvalue weighted by Gasteiger charge is -2.22. The summed E-state index contributed by atoms with van der Waals surface area (Å²) in [5, 5.41) is 1.14. The summed E-state index contributed by atoms with van der Waals surface area (Å²) in [7, 11) is 0. The number of nitrogens with zero attached hydrogens (tertiary/aromatic N) is 3. The molecular weight excluding hydrogens is 309 g/mol. The van der Waals surface area contributed by atoms with Crippen LogP contribution in [-0.2, 0) is 0 Å². The summed E-state index contributed by atoms with van der Waals surface area (Å²) in [6.45, 7) is 4.66. The van der Waals surface area contributed by atoms with Crippen molar-refractivity contribution < 1.29 is 4.39 Å². The molecule has 0 saturated heterocycles. The summed E-state index contributed by atoms with van der Waals surface area (Å²) in [4.78, 5) is 12.5. The largest absolute Gasteiger partial charge is 0.326 e. The van der Waals surface area contributed by atoms with Gasteiger partial charge in [-0.05, 0) is 49.7 Å². The predicted octanol–water partition coefficient (Wildman–Crippen LogP) is 4.95. The Hall–Kier alpha value is -1.72. The van der Waals surface area contributed by atoms with Crippen molar-refractivity contribution >= 4 is 44.7 Å². The van der Waals surface area contributed by atoms with Crippen LogP contribution in [0.3, 0.4) is 0 Å². The van der Waals surface area contributed by atoms with Gasteiger partial charge in [-0.3, -0.25) is 0 Å². The molecule has 3 aromatic rings. The van der Waals surface area contributed by atoms with Gasteiger partial charge in [0.15, 0.2) is 0 Å². The summed E-state index contributed by atoms with van der Waals surface area (Å²) >= 11 is 7.61. The molecule has 3 nitrogen and oxygen atoms in total. The monoisotopic (exact) mass is 321 g/mol. The minimum Gasteiger partial charge on any atom is -0.326 e. The van der Waals surface area contributed by atoms with E-state index in [2.05, 4.69) is 9.97 Å². The number of halogens is 2. The number of hydrogen-bond donors (Lipinski definition) is 0. The van der Waals surface area contributed by atoms with Crippen molar-refractivity contribution in [2.45, 2.75) is 13.8 Å². The van der Waals surface area contributed by atoms with Gasteiger partial charge in [0.1, 0.15) is 16.5 Å². The molecule has 0 aliphatic carbocycles. The fourth-order valence-electron chi connectivity index (χ4n) is 2.31. The molecule has 21 heavy (non-hydrogen) atoms. The predicted molar refractivity (Wildman–Crippen MR) is 86.2 cm³/mol. The molecule has 0 aliphatic rings. The zero-order chi connectivity index (χ0) is 15.0. The molecule has 6 heteroatoms. The standard InChI is InChI=1S/C15H13ClFN3S/c1-3-20(11-6-4-5-10(17)8-11)13-12-7-9(2)21-14(12)19-15(16)18-13/h4-8H,3H2,1-2H3. The highest BCUT2D eigenvalue weighted by molar-refractivity contribution is 7.18. The van der Waals surface area contributed by atoms with E-state index in [1.807, 2.05) is 30.9 Å². The highest BCUT2D eigenvalue weighted by Gasteiger charge is 2.16. The van der Waals surface area contributed by atoms with Gasteiger partial charge >= 0.3 is 0 Å². The molecule has 0 aliphatic heterocycles. The summed E-state index contributed by atoms with van der Waals surface area (Å²) in [6.07, 6.45) is 0. The quantitative estimate of drug-likeness (QED) is 0.639. The zero-order valence-corrected chi connectivity index (χ0v) is 13.2. The Morgan fingerprint density at radius 3 is 2.81 bits per heavy atom. The Labute approximate surface area is 131 Å². The Morgan fingerprint density at radius 2 is 2.10 bits per heavy atom. The molecule has 3 rings (SSSR count). The van der Waals surface area contributed by atoms with Crippen LogP contribution in [0.15, 0.2) is 30.3 Å².